The first-order valence-corrected chi connectivity index (χ1v) is 8.37. The highest BCUT2D eigenvalue weighted by molar-refractivity contribution is 5.92. The minimum atomic E-state index is -0.184. The lowest BCUT2D eigenvalue weighted by atomic mass is 9.97. The summed E-state index contributed by atoms with van der Waals surface area (Å²) >= 11 is 0. The SMILES string of the molecule is O=C(NCCC1=CCCCC1)c1ccc(NCc2ccco2)nn1. The molecule has 1 amide bonds. The smallest absolute Gasteiger partial charge is 0.271 e. The fourth-order valence-electron chi connectivity index (χ4n) is 2.70. The molecule has 0 radical (unpaired) electrons. The van der Waals surface area contributed by atoms with Gasteiger partial charge in [0.25, 0.3) is 5.91 Å². The van der Waals surface area contributed by atoms with Crippen molar-refractivity contribution in [1.29, 1.82) is 0 Å². The van der Waals surface area contributed by atoms with Gasteiger partial charge in [-0.15, -0.1) is 10.2 Å². The van der Waals surface area contributed by atoms with Crippen LogP contribution in [0.15, 0.2) is 46.6 Å². The van der Waals surface area contributed by atoms with Gasteiger partial charge >= 0.3 is 0 Å². The molecule has 24 heavy (non-hydrogen) atoms. The van der Waals surface area contributed by atoms with Gasteiger partial charge in [0, 0.05) is 6.54 Å². The molecule has 0 fully saturated rings. The maximum absolute atomic E-state index is 12.1. The van der Waals surface area contributed by atoms with Crippen molar-refractivity contribution in [3.63, 3.8) is 0 Å². The lowest BCUT2D eigenvalue weighted by Crippen LogP contribution is -2.26. The lowest BCUT2D eigenvalue weighted by molar-refractivity contribution is 0.0948. The van der Waals surface area contributed by atoms with E-state index in [-0.39, 0.29) is 5.91 Å². The first-order chi connectivity index (χ1) is 11.8. The van der Waals surface area contributed by atoms with E-state index in [1.54, 1.807) is 18.4 Å². The number of nitrogens with zero attached hydrogens (tertiary/aromatic N) is 2. The molecule has 2 aromatic rings. The number of hydrogen-bond acceptors (Lipinski definition) is 5. The molecule has 6 heteroatoms. The second-order valence-corrected chi connectivity index (χ2v) is 5.85. The second kappa shape index (κ2) is 8.29. The quantitative estimate of drug-likeness (QED) is 0.763. The first kappa shape index (κ1) is 16.2. The van der Waals surface area contributed by atoms with Gasteiger partial charge in [0.1, 0.15) is 11.6 Å². The number of rotatable bonds is 7. The number of carbonyl (C=O) groups is 1. The summed E-state index contributed by atoms with van der Waals surface area (Å²) in [6.07, 6.45) is 9.72. The molecule has 0 saturated heterocycles. The van der Waals surface area contributed by atoms with Crippen LogP contribution < -0.4 is 10.6 Å². The van der Waals surface area contributed by atoms with Crippen molar-refractivity contribution >= 4 is 11.7 Å². The molecule has 6 nitrogen and oxygen atoms in total. The summed E-state index contributed by atoms with van der Waals surface area (Å²) < 4.78 is 5.23. The van der Waals surface area contributed by atoms with Crippen molar-refractivity contribution in [1.82, 2.24) is 15.5 Å². The van der Waals surface area contributed by atoms with E-state index in [0.29, 0.717) is 24.6 Å². The number of nitrogens with one attached hydrogen (secondary N) is 2. The van der Waals surface area contributed by atoms with Crippen LogP contribution in [0.4, 0.5) is 5.82 Å². The normalized spacial score (nSPS) is 14.1. The number of furan rings is 1. The molecule has 0 bridgehead atoms. The summed E-state index contributed by atoms with van der Waals surface area (Å²) in [7, 11) is 0. The molecular weight excluding hydrogens is 304 g/mol. The van der Waals surface area contributed by atoms with E-state index in [1.807, 2.05) is 12.1 Å². The predicted octanol–water partition coefficient (Wildman–Crippen LogP) is 3.30. The second-order valence-electron chi connectivity index (χ2n) is 5.85. The van der Waals surface area contributed by atoms with E-state index in [9.17, 15) is 4.79 Å². The highest BCUT2D eigenvalue weighted by Crippen LogP contribution is 2.19. The Bertz CT molecular complexity index is 678. The van der Waals surface area contributed by atoms with Crippen molar-refractivity contribution in [3.8, 4) is 0 Å². The number of amides is 1. The molecule has 0 aromatic carbocycles. The van der Waals surface area contributed by atoms with Crippen molar-refractivity contribution in [2.75, 3.05) is 11.9 Å². The van der Waals surface area contributed by atoms with Gasteiger partial charge in [-0.3, -0.25) is 4.79 Å². The third kappa shape index (κ3) is 4.68. The molecule has 1 aliphatic carbocycles. The zero-order chi connectivity index (χ0) is 16.6. The molecule has 1 aliphatic rings. The van der Waals surface area contributed by atoms with Crippen LogP contribution in [0.1, 0.15) is 48.4 Å². The van der Waals surface area contributed by atoms with E-state index in [0.717, 1.165) is 18.6 Å². The predicted molar refractivity (Wildman–Crippen MR) is 91.6 cm³/mol. The molecule has 0 saturated carbocycles. The molecule has 0 aliphatic heterocycles. The number of hydrogen-bond donors (Lipinski definition) is 2. The Labute approximate surface area is 141 Å². The molecule has 2 heterocycles. The van der Waals surface area contributed by atoms with Crippen LogP contribution in [0.5, 0.6) is 0 Å². The van der Waals surface area contributed by atoms with Crippen molar-refractivity contribution < 1.29 is 9.21 Å². The van der Waals surface area contributed by atoms with E-state index < -0.39 is 0 Å². The van der Waals surface area contributed by atoms with E-state index in [1.165, 1.54) is 24.8 Å². The molecule has 3 rings (SSSR count). The highest BCUT2D eigenvalue weighted by Gasteiger charge is 2.09. The fraction of sp³-hybridized carbons (Fsp3) is 0.389. The standard InChI is InChI=1S/C18H22N4O2/c23-18(19-11-10-14-5-2-1-3-6-14)16-8-9-17(22-21-16)20-13-15-7-4-12-24-15/h4-5,7-9,12H,1-3,6,10-11,13H2,(H,19,23)(H,20,22). The molecule has 126 valence electrons. The van der Waals surface area contributed by atoms with Gasteiger partial charge in [0.15, 0.2) is 5.69 Å². The van der Waals surface area contributed by atoms with Crippen LogP contribution in [-0.2, 0) is 6.54 Å². The van der Waals surface area contributed by atoms with E-state index >= 15 is 0 Å². The summed E-state index contributed by atoms with van der Waals surface area (Å²) in [5.41, 5.74) is 1.78. The van der Waals surface area contributed by atoms with Gasteiger partial charge in [-0.1, -0.05) is 11.6 Å². The third-order valence-corrected chi connectivity index (χ3v) is 4.04. The maximum Gasteiger partial charge on any atom is 0.271 e. The van der Waals surface area contributed by atoms with Crippen LogP contribution in [0.2, 0.25) is 0 Å². The van der Waals surface area contributed by atoms with Crippen LogP contribution in [0.3, 0.4) is 0 Å². The summed E-state index contributed by atoms with van der Waals surface area (Å²) in [4.78, 5) is 12.1. The van der Waals surface area contributed by atoms with E-state index in [2.05, 4.69) is 26.9 Å². The topological polar surface area (TPSA) is 80.0 Å². The summed E-state index contributed by atoms with van der Waals surface area (Å²) in [6, 6.07) is 7.13. The molecule has 2 aromatic heterocycles. The average Bonchev–Trinajstić information content (AvgIpc) is 3.15. The number of carbonyl (C=O) groups excluding carboxylic acids is 1. The summed E-state index contributed by atoms with van der Waals surface area (Å²) in [5, 5.41) is 14.0. The molecule has 0 atom stereocenters. The summed E-state index contributed by atoms with van der Waals surface area (Å²) in [5.74, 6) is 1.24. The van der Waals surface area contributed by atoms with Crippen molar-refractivity contribution in [2.24, 2.45) is 0 Å². The molecular formula is C18H22N4O2. The van der Waals surface area contributed by atoms with Gasteiger partial charge in [-0.2, -0.15) is 0 Å². The van der Waals surface area contributed by atoms with Crippen LogP contribution >= 0.6 is 0 Å². The fourth-order valence-corrected chi connectivity index (χ4v) is 2.70. The van der Waals surface area contributed by atoms with Gasteiger partial charge in [0.05, 0.1) is 12.8 Å². The Hall–Kier alpha value is -2.63. The largest absolute Gasteiger partial charge is 0.467 e. The monoisotopic (exact) mass is 326 g/mol. The molecule has 2 N–H and O–H groups in total. The van der Waals surface area contributed by atoms with Crippen LogP contribution in [0, 0.1) is 0 Å². The van der Waals surface area contributed by atoms with Gasteiger partial charge < -0.3 is 15.1 Å². The van der Waals surface area contributed by atoms with Crippen molar-refractivity contribution in [2.45, 2.75) is 38.6 Å². The third-order valence-electron chi connectivity index (χ3n) is 4.04. The Morgan fingerprint density at radius 1 is 1.21 bits per heavy atom. The Balaban J connectivity index is 1.44. The average molecular weight is 326 g/mol. The number of anilines is 1. The van der Waals surface area contributed by atoms with Gasteiger partial charge in [-0.05, 0) is 56.4 Å². The Morgan fingerprint density at radius 3 is 2.88 bits per heavy atom. The summed E-state index contributed by atoms with van der Waals surface area (Å²) in [6.45, 7) is 1.17. The first-order valence-electron chi connectivity index (χ1n) is 8.37. The number of allylic oxidation sites excluding steroid dienone is 1. The zero-order valence-corrected chi connectivity index (χ0v) is 13.6. The maximum atomic E-state index is 12.1. The number of aromatic nitrogens is 2. The van der Waals surface area contributed by atoms with Gasteiger partial charge in [-0.25, -0.2) is 0 Å². The highest BCUT2D eigenvalue weighted by atomic mass is 16.3. The minimum Gasteiger partial charge on any atom is -0.467 e. The van der Waals surface area contributed by atoms with E-state index in [4.69, 9.17) is 4.42 Å². The Morgan fingerprint density at radius 2 is 2.17 bits per heavy atom. The Kier molecular flexibility index (Phi) is 5.61. The van der Waals surface area contributed by atoms with Crippen molar-refractivity contribution in [3.05, 3.63) is 53.6 Å². The molecule has 0 spiro atoms. The molecule has 0 unspecified atom stereocenters. The van der Waals surface area contributed by atoms with Crippen LogP contribution in [0.25, 0.3) is 0 Å². The lowest BCUT2D eigenvalue weighted by Gasteiger charge is -2.12. The minimum absolute atomic E-state index is 0.184. The van der Waals surface area contributed by atoms with Gasteiger partial charge in [0.2, 0.25) is 0 Å². The van der Waals surface area contributed by atoms with Crippen LogP contribution in [-0.4, -0.2) is 22.6 Å². The zero-order valence-electron chi connectivity index (χ0n) is 13.6.